The van der Waals surface area contributed by atoms with Crippen molar-refractivity contribution in [3.63, 3.8) is 0 Å². The van der Waals surface area contributed by atoms with Crippen LogP contribution in [0.3, 0.4) is 0 Å². The first-order valence-electron chi connectivity index (χ1n) is 8.17. The minimum atomic E-state index is -0.213. The Kier molecular flexibility index (Phi) is 4.91. The Morgan fingerprint density at radius 2 is 2.07 bits per heavy atom. The van der Waals surface area contributed by atoms with Crippen LogP contribution in [0.2, 0.25) is 5.02 Å². The SMILES string of the molecule is O=C(NCCn1ccc2ccc(Br)cc21)c1ccc(Cl)cc1-n1cnnn1. The number of benzene rings is 2. The summed E-state index contributed by atoms with van der Waals surface area (Å²) in [6.45, 7) is 1.13. The predicted octanol–water partition coefficient (Wildman–Crippen LogP) is 3.46. The van der Waals surface area contributed by atoms with Gasteiger partial charge in [-0.15, -0.1) is 5.10 Å². The maximum atomic E-state index is 12.7. The maximum Gasteiger partial charge on any atom is 0.253 e. The number of halogens is 2. The number of aromatic nitrogens is 5. The lowest BCUT2D eigenvalue weighted by Crippen LogP contribution is -2.28. The topological polar surface area (TPSA) is 77.6 Å². The zero-order valence-electron chi connectivity index (χ0n) is 14.0. The molecule has 0 saturated carbocycles. The summed E-state index contributed by atoms with van der Waals surface area (Å²) in [5.41, 5.74) is 2.09. The summed E-state index contributed by atoms with van der Waals surface area (Å²) in [5.74, 6) is -0.213. The van der Waals surface area contributed by atoms with Crippen molar-refractivity contribution >= 4 is 44.3 Å². The Morgan fingerprint density at radius 1 is 1.19 bits per heavy atom. The van der Waals surface area contributed by atoms with Gasteiger partial charge in [0, 0.05) is 34.3 Å². The highest BCUT2D eigenvalue weighted by Gasteiger charge is 2.14. The maximum absolute atomic E-state index is 12.7. The van der Waals surface area contributed by atoms with Crippen molar-refractivity contribution in [2.45, 2.75) is 6.54 Å². The summed E-state index contributed by atoms with van der Waals surface area (Å²) in [5, 5.41) is 15.7. The van der Waals surface area contributed by atoms with Crippen LogP contribution >= 0.6 is 27.5 Å². The van der Waals surface area contributed by atoms with Gasteiger partial charge in [0.25, 0.3) is 5.91 Å². The van der Waals surface area contributed by atoms with Crippen molar-refractivity contribution < 1.29 is 4.79 Å². The molecule has 7 nitrogen and oxygen atoms in total. The van der Waals surface area contributed by atoms with Crippen LogP contribution in [0.1, 0.15) is 10.4 Å². The second kappa shape index (κ2) is 7.50. The first-order valence-corrected chi connectivity index (χ1v) is 9.34. The van der Waals surface area contributed by atoms with Crippen LogP contribution in [-0.2, 0) is 6.54 Å². The Hall–Kier alpha value is -2.71. The molecule has 0 aliphatic heterocycles. The number of fused-ring (bicyclic) bond motifs is 1. The van der Waals surface area contributed by atoms with Gasteiger partial charge in [-0.05, 0) is 52.2 Å². The van der Waals surface area contributed by atoms with Gasteiger partial charge in [0.05, 0.1) is 11.3 Å². The third-order valence-corrected chi connectivity index (χ3v) is 4.90. The van der Waals surface area contributed by atoms with Crippen LogP contribution in [0.15, 0.2) is 59.5 Å². The van der Waals surface area contributed by atoms with Gasteiger partial charge in [-0.3, -0.25) is 4.79 Å². The highest BCUT2D eigenvalue weighted by atomic mass is 79.9. The van der Waals surface area contributed by atoms with Crippen LogP contribution in [0.4, 0.5) is 0 Å². The zero-order chi connectivity index (χ0) is 18.8. The molecule has 0 bridgehead atoms. The first kappa shape index (κ1) is 17.7. The molecule has 1 N–H and O–H groups in total. The molecule has 2 heterocycles. The molecule has 2 aromatic carbocycles. The van der Waals surface area contributed by atoms with E-state index in [1.54, 1.807) is 18.2 Å². The third-order valence-electron chi connectivity index (χ3n) is 4.17. The number of rotatable bonds is 5. The van der Waals surface area contributed by atoms with E-state index in [9.17, 15) is 4.79 Å². The summed E-state index contributed by atoms with van der Waals surface area (Å²) < 4.78 is 4.54. The molecule has 0 saturated heterocycles. The molecule has 0 unspecified atom stereocenters. The largest absolute Gasteiger partial charge is 0.350 e. The smallest absolute Gasteiger partial charge is 0.253 e. The molecule has 0 radical (unpaired) electrons. The molecule has 0 fully saturated rings. The molecule has 2 aromatic heterocycles. The Bertz CT molecular complexity index is 1110. The van der Waals surface area contributed by atoms with E-state index in [-0.39, 0.29) is 5.91 Å². The number of nitrogens with one attached hydrogen (secondary N) is 1. The van der Waals surface area contributed by atoms with Crippen molar-refractivity contribution in [2.75, 3.05) is 6.54 Å². The minimum Gasteiger partial charge on any atom is -0.350 e. The van der Waals surface area contributed by atoms with Gasteiger partial charge in [-0.25, -0.2) is 0 Å². The second-order valence-electron chi connectivity index (χ2n) is 5.88. The lowest BCUT2D eigenvalue weighted by atomic mass is 10.1. The Balaban J connectivity index is 1.49. The molecule has 27 heavy (non-hydrogen) atoms. The standard InChI is InChI=1S/C18H14BrClN6O/c19-13-2-1-12-5-7-25(16(12)9-13)8-6-21-18(27)15-4-3-14(20)10-17(15)26-11-22-23-24-26/h1-5,7,9-11H,6,8H2,(H,21,27). The fraction of sp³-hybridized carbons (Fsp3) is 0.111. The first-order chi connectivity index (χ1) is 13.1. The average Bonchev–Trinajstić information content (AvgIpc) is 3.32. The van der Waals surface area contributed by atoms with Crippen molar-refractivity contribution in [2.24, 2.45) is 0 Å². The summed E-state index contributed by atoms with van der Waals surface area (Å²) in [6, 6.07) is 13.2. The number of carbonyl (C=O) groups excluding carboxylic acids is 1. The third kappa shape index (κ3) is 3.72. The lowest BCUT2D eigenvalue weighted by Gasteiger charge is -2.11. The molecule has 0 aliphatic carbocycles. The molecule has 9 heteroatoms. The van der Waals surface area contributed by atoms with E-state index < -0.39 is 0 Å². The van der Waals surface area contributed by atoms with Gasteiger partial charge in [0.1, 0.15) is 6.33 Å². The molecule has 0 atom stereocenters. The molecule has 0 spiro atoms. The number of tetrazole rings is 1. The van der Waals surface area contributed by atoms with Gasteiger partial charge >= 0.3 is 0 Å². The minimum absolute atomic E-state index is 0.213. The van der Waals surface area contributed by atoms with Crippen LogP contribution < -0.4 is 5.32 Å². The van der Waals surface area contributed by atoms with E-state index in [0.29, 0.717) is 29.4 Å². The monoisotopic (exact) mass is 444 g/mol. The van der Waals surface area contributed by atoms with E-state index in [1.165, 1.54) is 11.0 Å². The van der Waals surface area contributed by atoms with Gasteiger partial charge < -0.3 is 9.88 Å². The molecule has 4 aromatic rings. The van der Waals surface area contributed by atoms with E-state index in [1.807, 2.05) is 12.3 Å². The molecule has 0 aliphatic rings. The highest BCUT2D eigenvalue weighted by Crippen LogP contribution is 2.21. The molecular formula is C18H14BrClN6O. The van der Waals surface area contributed by atoms with E-state index in [2.05, 4.69) is 59.5 Å². The number of carbonyl (C=O) groups is 1. The van der Waals surface area contributed by atoms with Crippen molar-refractivity contribution in [1.29, 1.82) is 0 Å². The van der Waals surface area contributed by atoms with Crippen molar-refractivity contribution in [3.05, 3.63) is 70.0 Å². The molecule has 4 rings (SSSR count). The molecule has 136 valence electrons. The van der Waals surface area contributed by atoms with Crippen molar-refractivity contribution in [3.8, 4) is 5.69 Å². The average molecular weight is 446 g/mol. The van der Waals surface area contributed by atoms with Crippen LogP contribution in [-0.4, -0.2) is 37.2 Å². The lowest BCUT2D eigenvalue weighted by molar-refractivity contribution is 0.0952. The van der Waals surface area contributed by atoms with Gasteiger partial charge in [0.2, 0.25) is 0 Å². The normalized spacial score (nSPS) is 11.0. The van der Waals surface area contributed by atoms with Crippen LogP contribution in [0.25, 0.3) is 16.6 Å². The molecular weight excluding hydrogens is 432 g/mol. The second-order valence-corrected chi connectivity index (χ2v) is 7.24. The zero-order valence-corrected chi connectivity index (χ0v) is 16.4. The van der Waals surface area contributed by atoms with Gasteiger partial charge in [-0.2, -0.15) is 4.68 Å². The summed E-state index contributed by atoms with van der Waals surface area (Å²) in [6.07, 6.45) is 3.43. The van der Waals surface area contributed by atoms with E-state index >= 15 is 0 Å². The molecule has 1 amide bonds. The van der Waals surface area contributed by atoms with E-state index in [4.69, 9.17) is 11.6 Å². The number of hydrogen-bond donors (Lipinski definition) is 1. The number of nitrogens with zero attached hydrogens (tertiary/aromatic N) is 5. The quantitative estimate of drug-likeness (QED) is 0.510. The highest BCUT2D eigenvalue weighted by molar-refractivity contribution is 9.10. The Labute approximate surface area is 168 Å². The summed E-state index contributed by atoms with van der Waals surface area (Å²) >= 11 is 9.55. The van der Waals surface area contributed by atoms with Crippen molar-refractivity contribution in [1.82, 2.24) is 30.1 Å². The van der Waals surface area contributed by atoms with Gasteiger partial charge in [-0.1, -0.05) is 33.6 Å². The fourth-order valence-corrected chi connectivity index (χ4v) is 3.41. The predicted molar refractivity (Wildman–Crippen MR) is 106 cm³/mol. The summed E-state index contributed by atoms with van der Waals surface area (Å²) in [4.78, 5) is 12.7. The van der Waals surface area contributed by atoms with E-state index in [0.717, 1.165) is 15.4 Å². The van der Waals surface area contributed by atoms with Gasteiger partial charge in [0.15, 0.2) is 0 Å². The van der Waals surface area contributed by atoms with Crippen LogP contribution in [0, 0.1) is 0 Å². The number of hydrogen-bond acceptors (Lipinski definition) is 4. The Morgan fingerprint density at radius 3 is 2.89 bits per heavy atom. The number of amides is 1. The van der Waals surface area contributed by atoms with Crippen LogP contribution in [0.5, 0.6) is 0 Å². The fourth-order valence-electron chi connectivity index (χ4n) is 2.90. The summed E-state index contributed by atoms with van der Waals surface area (Å²) in [7, 11) is 0.